The summed E-state index contributed by atoms with van der Waals surface area (Å²) in [5.74, 6) is -0.489. The summed E-state index contributed by atoms with van der Waals surface area (Å²) in [6.07, 6.45) is 1.47. The summed E-state index contributed by atoms with van der Waals surface area (Å²) in [6.45, 7) is 2.05. The Bertz CT molecular complexity index is 297. The summed E-state index contributed by atoms with van der Waals surface area (Å²) >= 11 is 0. The maximum absolute atomic E-state index is 11.0. The van der Waals surface area contributed by atoms with Gasteiger partial charge in [-0.15, -0.1) is 0 Å². The van der Waals surface area contributed by atoms with E-state index < -0.39 is 15.8 Å². The molecule has 6 nitrogen and oxygen atoms in total. The van der Waals surface area contributed by atoms with Crippen LogP contribution in [-0.4, -0.2) is 47.6 Å². The first-order valence-electron chi connectivity index (χ1n) is 5.03. The molecule has 16 heavy (non-hydrogen) atoms. The number of nitriles is 1. The Kier molecular flexibility index (Phi) is 9.13. The summed E-state index contributed by atoms with van der Waals surface area (Å²) in [5.41, 5.74) is 0. The summed E-state index contributed by atoms with van der Waals surface area (Å²) in [6, 6.07) is 1.59. The molecule has 0 aliphatic carbocycles. The van der Waals surface area contributed by atoms with Crippen LogP contribution in [-0.2, 0) is 19.5 Å². The van der Waals surface area contributed by atoms with Gasteiger partial charge in [-0.05, 0) is 12.8 Å². The third-order valence-corrected chi connectivity index (χ3v) is 2.88. The monoisotopic (exact) mass is 250 g/mol. The number of sulfonamides is 1. The number of hydrogen-bond acceptors (Lipinski definition) is 5. The van der Waals surface area contributed by atoms with E-state index in [-0.39, 0.29) is 0 Å². The Labute approximate surface area is 96.6 Å². The molecule has 0 aliphatic heterocycles. The molecule has 0 aromatic rings. The van der Waals surface area contributed by atoms with Crippen LogP contribution in [0, 0.1) is 11.3 Å². The topological polar surface area (TPSA) is 88.4 Å². The van der Waals surface area contributed by atoms with Crippen LogP contribution in [0.25, 0.3) is 0 Å². The van der Waals surface area contributed by atoms with Crippen LogP contribution in [0.2, 0.25) is 0 Å². The zero-order valence-corrected chi connectivity index (χ0v) is 10.3. The molecule has 0 atom stereocenters. The smallest absolute Gasteiger partial charge is 0.225 e. The molecule has 7 heteroatoms. The van der Waals surface area contributed by atoms with Crippen LogP contribution in [0.1, 0.15) is 12.8 Å². The van der Waals surface area contributed by atoms with Gasteiger partial charge in [0.1, 0.15) is 0 Å². The number of ether oxygens (including phenoxy) is 2. The van der Waals surface area contributed by atoms with Crippen LogP contribution in [0.3, 0.4) is 0 Å². The lowest BCUT2D eigenvalue weighted by Gasteiger charge is -2.04. The number of nitrogens with zero attached hydrogens (tertiary/aromatic N) is 1. The molecule has 0 aromatic carbocycles. The van der Waals surface area contributed by atoms with E-state index in [0.29, 0.717) is 32.8 Å². The molecule has 0 fully saturated rings. The quantitative estimate of drug-likeness (QED) is 0.546. The van der Waals surface area contributed by atoms with Crippen molar-refractivity contribution in [2.75, 3.05) is 39.2 Å². The van der Waals surface area contributed by atoms with Gasteiger partial charge in [-0.2, -0.15) is 5.26 Å². The van der Waals surface area contributed by atoms with Crippen molar-refractivity contribution in [2.24, 2.45) is 0 Å². The molecule has 0 radical (unpaired) electrons. The van der Waals surface area contributed by atoms with Crippen LogP contribution < -0.4 is 4.72 Å². The number of nitrogens with one attached hydrogen (secondary N) is 1. The summed E-state index contributed by atoms with van der Waals surface area (Å²) < 4.78 is 34.4. The zero-order valence-electron chi connectivity index (χ0n) is 9.44. The number of hydrogen-bond donors (Lipinski definition) is 1. The average molecular weight is 250 g/mol. The highest BCUT2D eigenvalue weighted by atomic mass is 32.2. The zero-order chi connectivity index (χ0) is 12.3. The first-order valence-corrected chi connectivity index (χ1v) is 6.68. The molecule has 0 unspecified atom stereocenters. The Morgan fingerprint density at radius 1 is 1.25 bits per heavy atom. The second-order valence-electron chi connectivity index (χ2n) is 3.12. The van der Waals surface area contributed by atoms with Crippen molar-refractivity contribution in [1.29, 1.82) is 5.26 Å². The van der Waals surface area contributed by atoms with Crippen molar-refractivity contribution >= 4 is 10.0 Å². The first-order chi connectivity index (χ1) is 7.62. The van der Waals surface area contributed by atoms with Gasteiger partial charge in [-0.1, -0.05) is 0 Å². The molecule has 0 rings (SSSR count). The lowest BCUT2D eigenvalue weighted by atomic mass is 10.3. The van der Waals surface area contributed by atoms with E-state index in [9.17, 15) is 8.42 Å². The predicted molar refractivity (Wildman–Crippen MR) is 59.3 cm³/mol. The van der Waals surface area contributed by atoms with Gasteiger partial charge in [0.15, 0.2) is 5.75 Å². The summed E-state index contributed by atoms with van der Waals surface area (Å²) in [4.78, 5) is 0. The molecular formula is C9H18N2O4S. The maximum atomic E-state index is 11.0. The molecule has 0 amide bonds. The van der Waals surface area contributed by atoms with Crippen molar-refractivity contribution in [3.05, 3.63) is 0 Å². The SMILES string of the molecule is COCCOCCCCNS(=O)(=O)CC#N. The molecule has 0 aromatic heterocycles. The fourth-order valence-electron chi connectivity index (χ4n) is 0.937. The lowest BCUT2D eigenvalue weighted by molar-refractivity contribution is 0.0689. The highest BCUT2D eigenvalue weighted by Crippen LogP contribution is 1.91. The average Bonchev–Trinajstić information content (AvgIpc) is 2.22. The van der Waals surface area contributed by atoms with E-state index in [0.717, 1.165) is 6.42 Å². The van der Waals surface area contributed by atoms with Gasteiger partial charge in [0.25, 0.3) is 0 Å². The van der Waals surface area contributed by atoms with E-state index in [4.69, 9.17) is 14.7 Å². The molecule has 0 spiro atoms. The molecule has 1 N–H and O–H groups in total. The van der Waals surface area contributed by atoms with E-state index in [1.54, 1.807) is 13.2 Å². The van der Waals surface area contributed by atoms with Crippen molar-refractivity contribution < 1.29 is 17.9 Å². The minimum absolute atomic E-state index is 0.345. The molecular weight excluding hydrogens is 232 g/mol. The van der Waals surface area contributed by atoms with Crippen molar-refractivity contribution in [1.82, 2.24) is 4.72 Å². The number of methoxy groups -OCH3 is 1. The second kappa shape index (κ2) is 9.54. The summed E-state index contributed by atoms with van der Waals surface area (Å²) in [5, 5.41) is 8.22. The van der Waals surface area contributed by atoms with Gasteiger partial charge in [-0.3, -0.25) is 0 Å². The number of unbranched alkanes of at least 4 members (excludes halogenated alkanes) is 1. The molecule has 0 aliphatic rings. The normalized spacial score (nSPS) is 11.2. The van der Waals surface area contributed by atoms with Crippen LogP contribution in [0.15, 0.2) is 0 Å². The van der Waals surface area contributed by atoms with Crippen molar-refractivity contribution in [3.8, 4) is 6.07 Å². The van der Waals surface area contributed by atoms with Crippen LogP contribution in [0.5, 0.6) is 0 Å². The van der Waals surface area contributed by atoms with Crippen molar-refractivity contribution in [2.45, 2.75) is 12.8 Å². The van der Waals surface area contributed by atoms with E-state index in [1.165, 1.54) is 0 Å². The van der Waals surface area contributed by atoms with E-state index in [2.05, 4.69) is 4.72 Å². The third kappa shape index (κ3) is 9.86. The van der Waals surface area contributed by atoms with Gasteiger partial charge in [-0.25, -0.2) is 13.1 Å². The highest BCUT2D eigenvalue weighted by molar-refractivity contribution is 7.89. The van der Waals surface area contributed by atoms with E-state index >= 15 is 0 Å². The Balaban J connectivity index is 3.31. The standard InChI is InChI=1S/C9H18N2O4S/c1-14-7-8-15-6-3-2-5-11-16(12,13)9-4-10/h11H,2-3,5-9H2,1H3. The van der Waals surface area contributed by atoms with Gasteiger partial charge in [0.2, 0.25) is 10.0 Å². The molecule has 94 valence electrons. The first kappa shape index (κ1) is 15.3. The predicted octanol–water partition coefficient (Wildman–Crippen LogP) is -0.127. The maximum Gasteiger partial charge on any atom is 0.225 e. The number of rotatable bonds is 10. The minimum atomic E-state index is -3.40. The van der Waals surface area contributed by atoms with Gasteiger partial charge >= 0.3 is 0 Å². The molecule has 0 saturated heterocycles. The third-order valence-electron chi connectivity index (χ3n) is 1.72. The minimum Gasteiger partial charge on any atom is -0.382 e. The second-order valence-corrected chi connectivity index (χ2v) is 4.93. The lowest BCUT2D eigenvalue weighted by Crippen LogP contribution is -2.26. The Morgan fingerprint density at radius 3 is 2.62 bits per heavy atom. The van der Waals surface area contributed by atoms with Gasteiger partial charge in [0, 0.05) is 20.3 Å². The van der Waals surface area contributed by atoms with Gasteiger partial charge < -0.3 is 9.47 Å². The summed E-state index contributed by atoms with van der Waals surface area (Å²) in [7, 11) is -1.80. The largest absolute Gasteiger partial charge is 0.382 e. The van der Waals surface area contributed by atoms with Crippen LogP contribution >= 0.6 is 0 Å². The fraction of sp³-hybridized carbons (Fsp3) is 0.889. The highest BCUT2D eigenvalue weighted by Gasteiger charge is 2.07. The van der Waals surface area contributed by atoms with Crippen LogP contribution in [0.4, 0.5) is 0 Å². The van der Waals surface area contributed by atoms with Gasteiger partial charge in [0.05, 0.1) is 19.3 Å². The molecule has 0 saturated carbocycles. The van der Waals surface area contributed by atoms with E-state index in [1.807, 2.05) is 0 Å². The Hall–Kier alpha value is -0.680. The Morgan fingerprint density at radius 2 is 2.00 bits per heavy atom. The molecule has 0 bridgehead atoms. The fourth-order valence-corrected chi connectivity index (χ4v) is 1.66. The molecule has 0 heterocycles. The van der Waals surface area contributed by atoms with Crippen molar-refractivity contribution in [3.63, 3.8) is 0 Å².